The van der Waals surface area contributed by atoms with E-state index in [2.05, 4.69) is 41.6 Å². The van der Waals surface area contributed by atoms with Gasteiger partial charge in [-0.25, -0.2) is 4.98 Å². The number of likely N-dealkylation sites (tertiary alicyclic amines) is 1. The van der Waals surface area contributed by atoms with Crippen molar-refractivity contribution in [3.05, 3.63) is 29.6 Å². The van der Waals surface area contributed by atoms with Gasteiger partial charge >= 0.3 is 0 Å². The van der Waals surface area contributed by atoms with Crippen molar-refractivity contribution >= 4 is 22.6 Å². The molecule has 108 valence electrons. The summed E-state index contributed by atoms with van der Waals surface area (Å²) in [5.74, 6) is 1.78. The minimum absolute atomic E-state index is 0.567. The maximum atomic E-state index is 5.97. The minimum atomic E-state index is 0.567. The van der Waals surface area contributed by atoms with Gasteiger partial charge in [-0.1, -0.05) is 6.07 Å². The van der Waals surface area contributed by atoms with E-state index in [1.54, 1.807) is 0 Å². The van der Waals surface area contributed by atoms with Crippen LogP contribution in [0.25, 0.3) is 11.0 Å². The predicted octanol–water partition coefficient (Wildman–Crippen LogP) is 3.39. The largest absolute Gasteiger partial charge is 0.325 e. The number of piperidine rings is 1. The number of aromatic nitrogens is 2. The normalized spacial score (nSPS) is 17.9. The monoisotopic (exact) mass is 291 g/mol. The molecule has 1 aliphatic rings. The molecule has 1 aromatic heterocycles. The molecule has 0 bridgehead atoms. The van der Waals surface area contributed by atoms with E-state index in [-0.39, 0.29) is 0 Å². The van der Waals surface area contributed by atoms with Gasteiger partial charge in [0.1, 0.15) is 5.82 Å². The first-order valence-corrected chi connectivity index (χ1v) is 7.94. The fourth-order valence-corrected chi connectivity index (χ4v) is 3.35. The summed E-state index contributed by atoms with van der Waals surface area (Å²) in [5, 5.41) is 0. The molecular weight excluding hydrogens is 270 g/mol. The highest BCUT2D eigenvalue weighted by Gasteiger charge is 2.22. The molecule has 0 atom stereocenters. The highest BCUT2D eigenvalue weighted by molar-refractivity contribution is 6.17. The summed E-state index contributed by atoms with van der Waals surface area (Å²) in [6, 6.07) is 7.14. The molecule has 0 amide bonds. The van der Waals surface area contributed by atoms with Crippen LogP contribution < -0.4 is 0 Å². The Morgan fingerprint density at radius 3 is 2.75 bits per heavy atom. The molecule has 4 heteroatoms. The van der Waals surface area contributed by atoms with Crippen LogP contribution in [-0.2, 0) is 6.42 Å². The summed E-state index contributed by atoms with van der Waals surface area (Å²) in [6.45, 7) is 4.45. The standard InChI is InChI=1S/C16H22ClN3/c1-12-3-4-15-14(11-12)18-16(5-8-17)20(15)13-6-9-19(2)10-7-13/h3-4,11,13H,5-10H2,1-2H3. The molecule has 0 spiro atoms. The van der Waals surface area contributed by atoms with E-state index in [1.807, 2.05) is 0 Å². The number of imidazole rings is 1. The predicted molar refractivity (Wildman–Crippen MR) is 84.7 cm³/mol. The smallest absolute Gasteiger partial charge is 0.111 e. The van der Waals surface area contributed by atoms with E-state index in [9.17, 15) is 0 Å². The van der Waals surface area contributed by atoms with E-state index in [4.69, 9.17) is 16.6 Å². The topological polar surface area (TPSA) is 21.1 Å². The van der Waals surface area contributed by atoms with Crippen molar-refractivity contribution in [2.75, 3.05) is 26.0 Å². The van der Waals surface area contributed by atoms with Gasteiger partial charge in [-0.3, -0.25) is 0 Å². The molecule has 20 heavy (non-hydrogen) atoms. The molecule has 0 aliphatic carbocycles. The molecule has 0 saturated carbocycles. The Labute approximate surface area is 125 Å². The third kappa shape index (κ3) is 2.57. The van der Waals surface area contributed by atoms with Gasteiger partial charge in [0, 0.05) is 18.3 Å². The molecule has 0 radical (unpaired) electrons. The van der Waals surface area contributed by atoms with Gasteiger partial charge in [-0.05, 0) is 57.6 Å². The average molecular weight is 292 g/mol. The zero-order chi connectivity index (χ0) is 14.1. The van der Waals surface area contributed by atoms with E-state index in [0.29, 0.717) is 11.9 Å². The molecule has 1 aliphatic heterocycles. The number of fused-ring (bicyclic) bond motifs is 1. The number of rotatable bonds is 3. The summed E-state index contributed by atoms with van der Waals surface area (Å²) in [5.41, 5.74) is 3.65. The maximum absolute atomic E-state index is 5.97. The summed E-state index contributed by atoms with van der Waals surface area (Å²) in [4.78, 5) is 7.23. The van der Waals surface area contributed by atoms with E-state index in [0.717, 1.165) is 30.9 Å². The lowest BCUT2D eigenvalue weighted by Gasteiger charge is -2.31. The highest BCUT2D eigenvalue weighted by atomic mass is 35.5. The Hall–Kier alpha value is -1.06. The van der Waals surface area contributed by atoms with Crippen molar-refractivity contribution in [1.29, 1.82) is 0 Å². The van der Waals surface area contributed by atoms with Gasteiger partial charge in [0.15, 0.2) is 0 Å². The number of hydrogen-bond donors (Lipinski definition) is 0. The number of benzene rings is 1. The fourth-order valence-electron chi connectivity index (χ4n) is 3.18. The number of hydrogen-bond acceptors (Lipinski definition) is 2. The van der Waals surface area contributed by atoms with Crippen LogP contribution in [0.5, 0.6) is 0 Å². The van der Waals surface area contributed by atoms with Gasteiger partial charge in [-0.15, -0.1) is 11.6 Å². The van der Waals surface area contributed by atoms with Crippen LogP contribution in [0, 0.1) is 6.92 Å². The van der Waals surface area contributed by atoms with Gasteiger partial charge < -0.3 is 9.47 Å². The van der Waals surface area contributed by atoms with Crippen molar-refractivity contribution in [2.24, 2.45) is 0 Å². The molecule has 3 rings (SSSR count). The zero-order valence-electron chi connectivity index (χ0n) is 12.3. The molecule has 2 aromatic rings. The van der Waals surface area contributed by atoms with Crippen molar-refractivity contribution in [2.45, 2.75) is 32.2 Å². The van der Waals surface area contributed by atoms with E-state index in [1.165, 1.54) is 23.9 Å². The van der Waals surface area contributed by atoms with Crippen molar-refractivity contribution in [1.82, 2.24) is 14.5 Å². The Balaban J connectivity index is 2.04. The van der Waals surface area contributed by atoms with Gasteiger partial charge in [0.25, 0.3) is 0 Å². The molecule has 1 saturated heterocycles. The average Bonchev–Trinajstić information content (AvgIpc) is 2.77. The Bertz CT molecular complexity index is 597. The summed E-state index contributed by atoms with van der Waals surface area (Å²) in [7, 11) is 2.20. The highest BCUT2D eigenvalue weighted by Crippen LogP contribution is 2.29. The second kappa shape index (κ2) is 5.74. The van der Waals surface area contributed by atoms with E-state index < -0.39 is 0 Å². The van der Waals surface area contributed by atoms with Gasteiger partial charge in [0.05, 0.1) is 11.0 Å². The summed E-state index contributed by atoms with van der Waals surface area (Å²) >= 11 is 5.97. The molecule has 1 fully saturated rings. The Morgan fingerprint density at radius 2 is 2.05 bits per heavy atom. The van der Waals surface area contributed by atoms with Crippen molar-refractivity contribution in [3.8, 4) is 0 Å². The number of alkyl halides is 1. The molecular formula is C16H22ClN3. The third-order valence-corrected chi connectivity index (χ3v) is 4.48. The van der Waals surface area contributed by atoms with Crippen LogP contribution in [0.4, 0.5) is 0 Å². The van der Waals surface area contributed by atoms with Gasteiger partial charge in [-0.2, -0.15) is 0 Å². The molecule has 0 unspecified atom stereocenters. The van der Waals surface area contributed by atoms with Crippen LogP contribution in [0.3, 0.4) is 0 Å². The first-order chi connectivity index (χ1) is 9.69. The lowest BCUT2D eigenvalue weighted by Crippen LogP contribution is -2.32. The van der Waals surface area contributed by atoms with Crippen molar-refractivity contribution < 1.29 is 0 Å². The van der Waals surface area contributed by atoms with Crippen LogP contribution in [-0.4, -0.2) is 40.5 Å². The maximum Gasteiger partial charge on any atom is 0.111 e. The number of halogens is 1. The molecule has 3 nitrogen and oxygen atoms in total. The van der Waals surface area contributed by atoms with Crippen LogP contribution in [0.15, 0.2) is 18.2 Å². The summed E-state index contributed by atoms with van der Waals surface area (Å²) in [6.07, 6.45) is 3.25. The number of aryl methyl sites for hydroxylation is 2. The van der Waals surface area contributed by atoms with Crippen molar-refractivity contribution in [3.63, 3.8) is 0 Å². The van der Waals surface area contributed by atoms with Crippen LogP contribution in [0.1, 0.15) is 30.3 Å². The molecule has 2 heterocycles. The Kier molecular flexibility index (Phi) is 3.99. The van der Waals surface area contributed by atoms with Crippen LogP contribution in [0.2, 0.25) is 0 Å². The van der Waals surface area contributed by atoms with E-state index >= 15 is 0 Å². The zero-order valence-corrected chi connectivity index (χ0v) is 13.0. The fraction of sp³-hybridized carbons (Fsp3) is 0.562. The second-order valence-corrected chi connectivity index (χ2v) is 6.24. The SMILES string of the molecule is Cc1ccc2c(c1)nc(CCCl)n2C1CCN(C)CC1. The Morgan fingerprint density at radius 1 is 1.30 bits per heavy atom. The number of nitrogens with zero attached hydrogens (tertiary/aromatic N) is 3. The third-order valence-electron chi connectivity index (χ3n) is 4.29. The molecule has 0 N–H and O–H groups in total. The van der Waals surface area contributed by atoms with Crippen LogP contribution >= 0.6 is 11.6 Å². The quantitative estimate of drug-likeness (QED) is 0.808. The first-order valence-electron chi connectivity index (χ1n) is 7.41. The first kappa shape index (κ1) is 13.9. The lowest BCUT2D eigenvalue weighted by atomic mass is 10.0. The molecule has 1 aromatic carbocycles. The lowest BCUT2D eigenvalue weighted by molar-refractivity contribution is 0.221. The van der Waals surface area contributed by atoms with Gasteiger partial charge in [0.2, 0.25) is 0 Å². The summed E-state index contributed by atoms with van der Waals surface area (Å²) < 4.78 is 2.45. The minimum Gasteiger partial charge on any atom is -0.325 e. The second-order valence-electron chi connectivity index (χ2n) is 5.86.